The fourth-order valence-corrected chi connectivity index (χ4v) is 2.83. The Hall–Kier alpha value is -2.77. The zero-order chi connectivity index (χ0) is 17.1. The van der Waals surface area contributed by atoms with Gasteiger partial charge in [0.2, 0.25) is 0 Å². The molecule has 1 fully saturated rings. The Kier molecular flexibility index (Phi) is 4.41. The van der Waals surface area contributed by atoms with Gasteiger partial charge in [-0.15, -0.1) is 5.10 Å². The Morgan fingerprint density at radius 1 is 1.16 bits per heavy atom. The van der Waals surface area contributed by atoms with Crippen molar-refractivity contribution in [2.24, 2.45) is 0 Å². The predicted molar refractivity (Wildman–Crippen MR) is 93.7 cm³/mol. The number of nitrogens with two attached hydrogens (primary N) is 1. The summed E-state index contributed by atoms with van der Waals surface area (Å²) in [6.07, 6.45) is 3.61. The third-order valence-electron chi connectivity index (χ3n) is 4.11. The van der Waals surface area contributed by atoms with E-state index in [9.17, 15) is 0 Å². The van der Waals surface area contributed by atoms with Crippen LogP contribution in [0, 0.1) is 0 Å². The lowest BCUT2D eigenvalue weighted by atomic mass is 10.0. The fraction of sp³-hybridized carbons (Fsp3) is 0.278. The highest BCUT2D eigenvalue weighted by atomic mass is 16.6. The molecule has 1 saturated heterocycles. The van der Waals surface area contributed by atoms with Crippen LogP contribution in [0.25, 0.3) is 22.4 Å². The van der Waals surface area contributed by atoms with Gasteiger partial charge in [-0.25, -0.2) is 9.67 Å². The lowest BCUT2D eigenvalue weighted by Crippen LogP contribution is -2.32. The summed E-state index contributed by atoms with van der Waals surface area (Å²) >= 11 is 0. The Morgan fingerprint density at radius 2 is 2.04 bits per heavy atom. The van der Waals surface area contributed by atoms with Gasteiger partial charge in [0, 0.05) is 17.3 Å². The average molecular weight is 337 g/mol. The third kappa shape index (κ3) is 3.52. The number of aromatic nitrogens is 4. The van der Waals surface area contributed by atoms with Crippen molar-refractivity contribution in [1.82, 2.24) is 20.0 Å². The van der Waals surface area contributed by atoms with Crippen LogP contribution >= 0.6 is 0 Å². The molecule has 2 N–H and O–H groups in total. The van der Waals surface area contributed by atoms with Crippen LogP contribution in [0.15, 0.2) is 48.8 Å². The number of nitrogen functional groups attached to an aromatic ring is 1. The van der Waals surface area contributed by atoms with E-state index in [0.717, 1.165) is 22.4 Å². The Morgan fingerprint density at radius 3 is 2.84 bits per heavy atom. The fourth-order valence-electron chi connectivity index (χ4n) is 2.83. The van der Waals surface area contributed by atoms with Crippen LogP contribution in [0.4, 0.5) is 5.82 Å². The van der Waals surface area contributed by atoms with Crippen molar-refractivity contribution in [3.05, 3.63) is 48.8 Å². The summed E-state index contributed by atoms with van der Waals surface area (Å²) in [5, 5.41) is 8.44. The van der Waals surface area contributed by atoms with Gasteiger partial charge in [-0.3, -0.25) is 0 Å². The summed E-state index contributed by atoms with van der Waals surface area (Å²) in [5.74, 6) is 0.495. The molecule has 0 spiro atoms. The number of hydrogen-bond acceptors (Lipinski definition) is 6. The molecular formula is C18H19N5O2. The van der Waals surface area contributed by atoms with Crippen molar-refractivity contribution in [2.45, 2.75) is 12.6 Å². The van der Waals surface area contributed by atoms with E-state index in [-0.39, 0.29) is 6.10 Å². The first-order valence-corrected chi connectivity index (χ1v) is 8.20. The molecule has 0 saturated carbocycles. The third-order valence-corrected chi connectivity index (χ3v) is 4.11. The summed E-state index contributed by atoms with van der Waals surface area (Å²) in [5.41, 5.74) is 9.58. The standard InChI is InChI=1S/C18H19N5O2/c19-18-16(13-4-2-1-3-5-13)8-14(9-20-18)17-11-23(22-21-17)10-15-12-24-6-7-25-15/h1-5,8-9,11,15H,6-7,10,12H2,(H2,19,20)/t15-/m0/s1. The molecule has 0 amide bonds. The summed E-state index contributed by atoms with van der Waals surface area (Å²) in [4.78, 5) is 4.31. The van der Waals surface area contributed by atoms with Gasteiger partial charge in [0.15, 0.2) is 0 Å². The second-order valence-corrected chi connectivity index (χ2v) is 5.92. The van der Waals surface area contributed by atoms with Crippen LogP contribution in [0.2, 0.25) is 0 Å². The monoisotopic (exact) mass is 337 g/mol. The minimum atomic E-state index is 0.00715. The summed E-state index contributed by atoms with van der Waals surface area (Å²) in [7, 11) is 0. The number of hydrogen-bond donors (Lipinski definition) is 1. The first kappa shape index (κ1) is 15.7. The van der Waals surface area contributed by atoms with Crippen LogP contribution in [-0.4, -0.2) is 45.9 Å². The Bertz CT molecular complexity index is 844. The summed E-state index contributed by atoms with van der Waals surface area (Å²) in [6, 6.07) is 11.9. The molecule has 7 heteroatoms. The average Bonchev–Trinajstić information content (AvgIpc) is 3.12. The van der Waals surface area contributed by atoms with E-state index in [0.29, 0.717) is 32.2 Å². The number of anilines is 1. The molecule has 128 valence electrons. The highest BCUT2D eigenvalue weighted by Crippen LogP contribution is 2.28. The van der Waals surface area contributed by atoms with E-state index < -0.39 is 0 Å². The number of pyridine rings is 1. The maximum atomic E-state index is 6.05. The van der Waals surface area contributed by atoms with Gasteiger partial charge < -0.3 is 15.2 Å². The van der Waals surface area contributed by atoms with Crippen LogP contribution in [0.1, 0.15) is 0 Å². The highest BCUT2D eigenvalue weighted by molar-refractivity contribution is 5.78. The van der Waals surface area contributed by atoms with Crippen molar-refractivity contribution in [1.29, 1.82) is 0 Å². The van der Waals surface area contributed by atoms with E-state index >= 15 is 0 Å². The predicted octanol–water partition coefficient (Wildman–Crippen LogP) is 2.00. The molecule has 3 aromatic rings. The zero-order valence-electron chi connectivity index (χ0n) is 13.7. The topological polar surface area (TPSA) is 88.1 Å². The molecule has 4 rings (SSSR count). The van der Waals surface area contributed by atoms with E-state index in [2.05, 4.69) is 15.3 Å². The van der Waals surface area contributed by atoms with Crippen molar-refractivity contribution in [3.63, 3.8) is 0 Å². The van der Waals surface area contributed by atoms with Crippen molar-refractivity contribution in [2.75, 3.05) is 25.6 Å². The van der Waals surface area contributed by atoms with E-state index in [1.54, 1.807) is 10.9 Å². The molecule has 0 bridgehead atoms. The maximum Gasteiger partial charge on any atom is 0.131 e. The molecule has 1 atom stereocenters. The van der Waals surface area contributed by atoms with Crippen molar-refractivity contribution < 1.29 is 9.47 Å². The number of ether oxygens (including phenoxy) is 2. The Balaban J connectivity index is 1.58. The molecule has 0 aliphatic carbocycles. The second-order valence-electron chi connectivity index (χ2n) is 5.92. The van der Waals surface area contributed by atoms with Crippen molar-refractivity contribution in [3.8, 4) is 22.4 Å². The molecule has 0 radical (unpaired) electrons. The Labute approximate surface area is 145 Å². The SMILES string of the molecule is Nc1ncc(-c2cn(C[C@H]3COCCO3)nn2)cc1-c1ccccc1. The van der Waals surface area contributed by atoms with E-state index in [1.807, 2.05) is 42.6 Å². The smallest absolute Gasteiger partial charge is 0.131 e. The number of nitrogens with zero attached hydrogens (tertiary/aromatic N) is 4. The largest absolute Gasteiger partial charge is 0.383 e. The number of rotatable bonds is 4. The van der Waals surface area contributed by atoms with Gasteiger partial charge in [0.05, 0.1) is 32.6 Å². The quantitative estimate of drug-likeness (QED) is 0.783. The lowest BCUT2D eigenvalue weighted by Gasteiger charge is -2.22. The van der Waals surface area contributed by atoms with Gasteiger partial charge >= 0.3 is 0 Å². The van der Waals surface area contributed by atoms with Gasteiger partial charge in [0.25, 0.3) is 0 Å². The lowest BCUT2D eigenvalue weighted by molar-refractivity contribution is -0.0947. The van der Waals surface area contributed by atoms with Crippen LogP contribution in [0.3, 0.4) is 0 Å². The minimum Gasteiger partial charge on any atom is -0.383 e. The maximum absolute atomic E-state index is 6.05. The highest BCUT2D eigenvalue weighted by Gasteiger charge is 2.16. The van der Waals surface area contributed by atoms with E-state index in [1.165, 1.54) is 0 Å². The molecule has 2 aromatic heterocycles. The molecule has 1 aliphatic heterocycles. The molecule has 1 aromatic carbocycles. The molecule has 3 heterocycles. The van der Waals surface area contributed by atoms with Crippen LogP contribution in [-0.2, 0) is 16.0 Å². The van der Waals surface area contributed by atoms with Gasteiger partial charge in [0.1, 0.15) is 17.6 Å². The summed E-state index contributed by atoms with van der Waals surface area (Å²) in [6.45, 7) is 2.46. The number of benzene rings is 1. The van der Waals surface area contributed by atoms with Crippen LogP contribution in [0.5, 0.6) is 0 Å². The molecule has 7 nitrogen and oxygen atoms in total. The van der Waals surface area contributed by atoms with Gasteiger partial charge in [-0.2, -0.15) is 0 Å². The molecule has 1 aliphatic rings. The second kappa shape index (κ2) is 7.00. The first-order valence-electron chi connectivity index (χ1n) is 8.20. The molecular weight excluding hydrogens is 318 g/mol. The van der Waals surface area contributed by atoms with Gasteiger partial charge in [-0.05, 0) is 11.6 Å². The first-order chi connectivity index (χ1) is 12.3. The van der Waals surface area contributed by atoms with Crippen molar-refractivity contribution >= 4 is 5.82 Å². The normalized spacial score (nSPS) is 17.5. The van der Waals surface area contributed by atoms with Gasteiger partial charge in [-0.1, -0.05) is 35.5 Å². The molecule has 0 unspecified atom stereocenters. The van der Waals surface area contributed by atoms with Crippen LogP contribution < -0.4 is 5.73 Å². The summed E-state index contributed by atoms with van der Waals surface area (Å²) < 4.78 is 12.8. The zero-order valence-corrected chi connectivity index (χ0v) is 13.7. The minimum absolute atomic E-state index is 0.00715. The molecule has 25 heavy (non-hydrogen) atoms. The van der Waals surface area contributed by atoms with E-state index in [4.69, 9.17) is 15.2 Å².